The molecule has 0 amide bonds. The molecule has 0 aromatic heterocycles. The quantitative estimate of drug-likeness (QED) is 0.637. The monoisotopic (exact) mass is 269 g/mol. The Balaban J connectivity index is 2.90. The van der Waals surface area contributed by atoms with E-state index >= 15 is 0 Å². The molecule has 0 heterocycles. The van der Waals surface area contributed by atoms with Crippen molar-refractivity contribution in [3.63, 3.8) is 0 Å². The van der Waals surface area contributed by atoms with Gasteiger partial charge in [-0.25, -0.2) is 9.18 Å². The summed E-state index contributed by atoms with van der Waals surface area (Å²) in [6.07, 6.45) is 0.420. The molecule has 0 fully saturated rings. The van der Waals surface area contributed by atoms with E-state index in [1.165, 1.54) is 12.1 Å². The smallest absolute Gasteiger partial charge is 0.347 e. The minimum Gasteiger partial charge on any atom is -0.476 e. The molecule has 1 aromatic rings. The maximum atomic E-state index is 13.7. The van der Waals surface area contributed by atoms with Crippen molar-refractivity contribution in [2.45, 2.75) is 39.7 Å². The molecule has 0 aliphatic rings. The van der Waals surface area contributed by atoms with Gasteiger partial charge in [0.25, 0.3) is 0 Å². The van der Waals surface area contributed by atoms with Crippen molar-refractivity contribution in [1.82, 2.24) is 0 Å². The van der Waals surface area contributed by atoms with Crippen molar-refractivity contribution in [3.05, 3.63) is 23.5 Å². The van der Waals surface area contributed by atoms with E-state index in [-0.39, 0.29) is 12.4 Å². The number of ether oxygens (including phenoxy) is 2. The zero-order valence-electron chi connectivity index (χ0n) is 11.5. The number of nitrogen functional groups attached to an aromatic ring is 1. The summed E-state index contributed by atoms with van der Waals surface area (Å²) in [4.78, 5) is 11.7. The van der Waals surface area contributed by atoms with Gasteiger partial charge in [-0.15, -0.1) is 0 Å². The molecule has 106 valence electrons. The zero-order chi connectivity index (χ0) is 14.4. The Morgan fingerprint density at radius 1 is 1.42 bits per heavy atom. The van der Waals surface area contributed by atoms with E-state index in [4.69, 9.17) is 15.2 Å². The molecule has 0 spiro atoms. The van der Waals surface area contributed by atoms with E-state index in [9.17, 15) is 9.18 Å². The molecule has 1 rings (SSSR count). The molecule has 5 heteroatoms. The largest absolute Gasteiger partial charge is 0.476 e. The number of halogens is 1. The molecular formula is C14H20FNO3. The van der Waals surface area contributed by atoms with Gasteiger partial charge < -0.3 is 15.2 Å². The van der Waals surface area contributed by atoms with Crippen molar-refractivity contribution in [1.29, 1.82) is 0 Å². The summed E-state index contributed by atoms with van der Waals surface area (Å²) in [5.41, 5.74) is 6.66. The number of rotatable bonds is 6. The molecular weight excluding hydrogens is 249 g/mol. The Morgan fingerprint density at radius 3 is 2.68 bits per heavy atom. The number of aryl methyl sites for hydroxylation is 1. The minimum absolute atomic E-state index is 0.0261. The van der Waals surface area contributed by atoms with E-state index in [2.05, 4.69) is 0 Å². The van der Waals surface area contributed by atoms with Gasteiger partial charge in [-0.3, -0.25) is 0 Å². The maximum Gasteiger partial charge on any atom is 0.347 e. The highest BCUT2D eigenvalue weighted by Crippen LogP contribution is 2.25. The predicted octanol–water partition coefficient (Wildman–Crippen LogP) is 2.83. The first-order valence-electron chi connectivity index (χ1n) is 6.38. The van der Waals surface area contributed by atoms with Gasteiger partial charge >= 0.3 is 5.97 Å². The van der Waals surface area contributed by atoms with Crippen LogP contribution in [0.25, 0.3) is 0 Å². The van der Waals surface area contributed by atoms with Crippen LogP contribution in [0, 0.1) is 12.7 Å². The first-order valence-corrected chi connectivity index (χ1v) is 6.38. The predicted molar refractivity (Wildman–Crippen MR) is 71.5 cm³/mol. The van der Waals surface area contributed by atoms with Crippen molar-refractivity contribution in [2.24, 2.45) is 0 Å². The van der Waals surface area contributed by atoms with Crippen molar-refractivity contribution < 1.29 is 18.7 Å². The minimum atomic E-state index is -0.789. The Bertz CT molecular complexity index is 449. The first kappa shape index (κ1) is 15.3. The van der Waals surface area contributed by atoms with Crippen LogP contribution in [0.1, 0.15) is 32.3 Å². The lowest BCUT2D eigenvalue weighted by Crippen LogP contribution is -2.29. The number of carbonyl (C=O) groups is 1. The van der Waals surface area contributed by atoms with Crippen LogP contribution < -0.4 is 10.5 Å². The van der Waals surface area contributed by atoms with Crippen LogP contribution in [0.3, 0.4) is 0 Å². The third-order valence-corrected chi connectivity index (χ3v) is 2.69. The number of hydrogen-bond acceptors (Lipinski definition) is 4. The summed E-state index contributed by atoms with van der Waals surface area (Å²) in [6, 6.07) is 2.69. The highest BCUT2D eigenvalue weighted by atomic mass is 19.1. The lowest BCUT2D eigenvalue weighted by atomic mass is 10.1. The second-order valence-electron chi connectivity index (χ2n) is 4.29. The third-order valence-electron chi connectivity index (χ3n) is 2.69. The van der Waals surface area contributed by atoms with Crippen LogP contribution in [0.4, 0.5) is 10.1 Å². The van der Waals surface area contributed by atoms with Gasteiger partial charge in [0.05, 0.1) is 6.61 Å². The van der Waals surface area contributed by atoms with Crippen LogP contribution in [-0.4, -0.2) is 18.7 Å². The zero-order valence-corrected chi connectivity index (χ0v) is 11.5. The summed E-state index contributed by atoms with van der Waals surface area (Å²) >= 11 is 0. The Morgan fingerprint density at radius 2 is 2.11 bits per heavy atom. The standard InChI is InChI=1S/C14H20FNO3/c1-4-6-12(14(17)18-5-2)19-13-7-9(3)11(16)8-10(13)15/h7-8,12H,4-6,16H2,1-3H3. The van der Waals surface area contributed by atoms with Gasteiger partial charge in [-0.05, 0) is 31.9 Å². The molecule has 4 nitrogen and oxygen atoms in total. The van der Waals surface area contributed by atoms with Crippen LogP contribution in [-0.2, 0) is 9.53 Å². The van der Waals surface area contributed by atoms with Crippen LogP contribution in [0.2, 0.25) is 0 Å². The number of anilines is 1. The molecule has 1 unspecified atom stereocenters. The molecule has 19 heavy (non-hydrogen) atoms. The fourth-order valence-electron chi connectivity index (χ4n) is 1.64. The van der Waals surface area contributed by atoms with E-state index in [1.807, 2.05) is 6.92 Å². The molecule has 0 saturated carbocycles. The van der Waals surface area contributed by atoms with Crippen molar-refractivity contribution in [3.8, 4) is 5.75 Å². The first-order chi connectivity index (χ1) is 8.99. The number of nitrogens with two attached hydrogens (primary N) is 1. The van der Waals surface area contributed by atoms with Gasteiger partial charge in [0.2, 0.25) is 0 Å². The van der Waals surface area contributed by atoms with Gasteiger partial charge in [-0.2, -0.15) is 0 Å². The van der Waals surface area contributed by atoms with Crippen LogP contribution in [0.5, 0.6) is 5.75 Å². The van der Waals surface area contributed by atoms with E-state index < -0.39 is 17.9 Å². The highest BCUT2D eigenvalue weighted by Gasteiger charge is 2.22. The Hall–Kier alpha value is -1.78. The number of carbonyl (C=O) groups excluding carboxylic acids is 1. The molecule has 0 bridgehead atoms. The molecule has 0 aliphatic carbocycles. The topological polar surface area (TPSA) is 61.5 Å². The average molecular weight is 269 g/mol. The van der Waals surface area contributed by atoms with Crippen molar-refractivity contribution in [2.75, 3.05) is 12.3 Å². The van der Waals surface area contributed by atoms with Crippen molar-refractivity contribution >= 4 is 11.7 Å². The summed E-state index contributed by atoms with van der Waals surface area (Å²) in [6.45, 7) is 5.65. The highest BCUT2D eigenvalue weighted by molar-refractivity contribution is 5.75. The summed E-state index contributed by atoms with van der Waals surface area (Å²) in [5.74, 6) is -1.02. The lowest BCUT2D eigenvalue weighted by molar-refractivity contribution is -0.151. The Kier molecular flexibility index (Phi) is 5.60. The number of hydrogen-bond donors (Lipinski definition) is 1. The van der Waals surface area contributed by atoms with E-state index in [0.717, 1.165) is 6.42 Å². The van der Waals surface area contributed by atoms with Gasteiger partial charge in [0, 0.05) is 11.8 Å². The Labute approximate surface area is 112 Å². The second kappa shape index (κ2) is 6.97. The molecule has 0 radical (unpaired) electrons. The molecule has 0 saturated heterocycles. The second-order valence-corrected chi connectivity index (χ2v) is 4.29. The van der Waals surface area contributed by atoms with E-state index in [0.29, 0.717) is 17.7 Å². The average Bonchev–Trinajstić information content (AvgIpc) is 2.35. The van der Waals surface area contributed by atoms with Crippen LogP contribution in [0.15, 0.2) is 12.1 Å². The fraction of sp³-hybridized carbons (Fsp3) is 0.500. The number of esters is 1. The fourth-order valence-corrected chi connectivity index (χ4v) is 1.64. The third kappa shape index (κ3) is 4.12. The normalized spacial score (nSPS) is 12.0. The van der Waals surface area contributed by atoms with Gasteiger partial charge in [0.1, 0.15) is 0 Å². The summed E-state index contributed by atoms with van der Waals surface area (Å²) in [7, 11) is 0. The summed E-state index contributed by atoms with van der Waals surface area (Å²) in [5, 5.41) is 0. The SMILES string of the molecule is CCCC(Oc1cc(C)c(N)cc1F)C(=O)OCC. The maximum absolute atomic E-state index is 13.7. The number of benzene rings is 1. The summed E-state index contributed by atoms with van der Waals surface area (Å²) < 4.78 is 24.1. The van der Waals surface area contributed by atoms with Gasteiger partial charge in [0.15, 0.2) is 17.7 Å². The lowest BCUT2D eigenvalue weighted by Gasteiger charge is -2.18. The molecule has 0 aliphatic heterocycles. The molecule has 2 N–H and O–H groups in total. The van der Waals surface area contributed by atoms with E-state index in [1.54, 1.807) is 13.8 Å². The van der Waals surface area contributed by atoms with Gasteiger partial charge in [-0.1, -0.05) is 13.3 Å². The molecule has 1 aromatic carbocycles. The molecule has 1 atom stereocenters. The van der Waals surface area contributed by atoms with Crippen LogP contribution >= 0.6 is 0 Å².